The SMILES string of the molecule is COc1cncc2c1C1(O)[C@H](O)C(C(=O)NCc3ccccc3)C(c3ccccc3)C1(c1ccc(Br)cc1)O2. The summed E-state index contributed by atoms with van der Waals surface area (Å²) < 4.78 is 13.2. The van der Waals surface area contributed by atoms with Crippen LogP contribution in [-0.4, -0.2) is 34.3 Å². The van der Waals surface area contributed by atoms with Gasteiger partial charge in [0, 0.05) is 16.9 Å². The molecule has 0 saturated heterocycles. The minimum absolute atomic E-state index is 0.269. The fraction of sp³-hybridized carbons (Fsp3) is 0.226. The lowest BCUT2D eigenvalue weighted by molar-refractivity contribution is -0.154. The van der Waals surface area contributed by atoms with E-state index in [-0.39, 0.29) is 17.9 Å². The second-order valence-corrected chi connectivity index (χ2v) is 10.8. The molecule has 4 unspecified atom stereocenters. The van der Waals surface area contributed by atoms with Gasteiger partial charge in [0.2, 0.25) is 5.91 Å². The Morgan fingerprint density at radius 2 is 1.69 bits per heavy atom. The highest BCUT2D eigenvalue weighted by atomic mass is 79.9. The predicted octanol–water partition coefficient (Wildman–Crippen LogP) is 4.42. The summed E-state index contributed by atoms with van der Waals surface area (Å²) >= 11 is 3.49. The maximum absolute atomic E-state index is 14.0. The third-order valence-electron chi connectivity index (χ3n) is 7.92. The lowest BCUT2D eigenvalue weighted by Gasteiger charge is -2.40. The van der Waals surface area contributed by atoms with Gasteiger partial charge in [0.15, 0.2) is 11.2 Å². The van der Waals surface area contributed by atoms with Crippen LogP contribution in [0.2, 0.25) is 0 Å². The molecule has 2 heterocycles. The Morgan fingerprint density at radius 3 is 2.36 bits per heavy atom. The number of amides is 1. The molecule has 3 N–H and O–H groups in total. The first-order valence-corrected chi connectivity index (χ1v) is 13.5. The lowest BCUT2D eigenvalue weighted by Crippen LogP contribution is -2.52. The Labute approximate surface area is 234 Å². The van der Waals surface area contributed by atoms with Crippen LogP contribution in [0.4, 0.5) is 0 Å². The van der Waals surface area contributed by atoms with Gasteiger partial charge in [0.05, 0.1) is 31.0 Å². The number of benzene rings is 3. The number of aliphatic hydroxyl groups excluding tert-OH is 1. The Balaban J connectivity index is 1.57. The molecular weight excluding hydrogens is 560 g/mol. The summed E-state index contributed by atoms with van der Waals surface area (Å²) in [6.45, 7) is 0.277. The number of aromatic nitrogens is 1. The van der Waals surface area contributed by atoms with Crippen molar-refractivity contribution in [3.8, 4) is 11.5 Å². The highest BCUT2D eigenvalue weighted by Crippen LogP contribution is 2.69. The molecule has 1 aromatic heterocycles. The van der Waals surface area contributed by atoms with Crippen molar-refractivity contribution in [3.63, 3.8) is 0 Å². The maximum atomic E-state index is 14.0. The van der Waals surface area contributed by atoms with Crippen LogP contribution in [0, 0.1) is 5.92 Å². The number of aliphatic hydroxyl groups is 2. The summed E-state index contributed by atoms with van der Waals surface area (Å²) in [5.41, 5.74) is -1.06. The standard InChI is InChI=1S/C31H27BrN2O5/c1-38-23-17-33-18-24-27(23)30(37)28(35)25(29(36)34-16-19-8-4-2-5-9-19)26(20-10-6-3-7-11-20)31(30,39-24)21-12-14-22(32)15-13-21/h2-15,17-18,25-26,28,35,37H,16H2,1H3,(H,34,36)/t25?,26?,28-,30?,31?/m1/s1. The summed E-state index contributed by atoms with van der Waals surface area (Å²) in [6.07, 6.45) is 1.44. The number of nitrogens with zero attached hydrogens (tertiary/aromatic N) is 1. The fourth-order valence-electron chi connectivity index (χ4n) is 6.29. The van der Waals surface area contributed by atoms with Crippen molar-refractivity contribution in [2.45, 2.75) is 29.8 Å². The molecule has 5 atom stereocenters. The number of rotatable bonds is 6. The molecule has 0 radical (unpaired) electrons. The van der Waals surface area contributed by atoms with Gasteiger partial charge < -0.3 is 25.0 Å². The molecule has 6 rings (SSSR count). The monoisotopic (exact) mass is 586 g/mol. The van der Waals surface area contributed by atoms with Gasteiger partial charge in [-0.25, -0.2) is 0 Å². The van der Waals surface area contributed by atoms with E-state index in [0.717, 1.165) is 15.6 Å². The van der Waals surface area contributed by atoms with Gasteiger partial charge >= 0.3 is 0 Å². The smallest absolute Gasteiger partial charge is 0.226 e. The van der Waals surface area contributed by atoms with Crippen molar-refractivity contribution in [1.82, 2.24) is 10.3 Å². The van der Waals surface area contributed by atoms with Gasteiger partial charge in [0.25, 0.3) is 0 Å². The molecule has 8 heteroatoms. The summed E-state index contributed by atoms with van der Waals surface area (Å²) in [7, 11) is 1.47. The zero-order valence-corrected chi connectivity index (χ0v) is 22.7. The largest absolute Gasteiger partial charge is 0.495 e. The van der Waals surface area contributed by atoms with Crippen molar-refractivity contribution >= 4 is 21.8 Å². The normalized spacial score (nSPS) is 26.8. The number of halogens is 1. The van der Waals surface area contributed by atoms with Crippen molar-refractivity contribution < 1.29 is 24.5 Å². The number of nitrogens with one attached hydrogen (secondary N) is 1. The zero-order chi connectivity index (χ0) is 27.2. The van der Waals surface area contributed by atoms with Gasteiger partial charge in [-0.15, -0.1) is 0 Å². The summed E-state index contributed by atoms with van der Waals surface area (Å²) in [5, 5.41) is 27.9. The number of hydrogen-bond acceptors (Lipinski definition) is 6. The molecule has 3 aromatic carbocycles. The Bertz CT molecular complexity index is 1500. The molecule has 39 heavy (non-hydrogen) atoms. The van der Waals surface area contributed by atoms with E-state index < -0.39 is 35.0 Å². The molecule has 0 bridgehead atoms. The van der Waals surface area contributed by atoms with Crippen LogP contribution in [0.3, 0.4) is 0 Å². The van der Waals surface area contributed by atoms with E-state index in [2.05, 4.69) is 26.2 Å². The first kappa shape index (κ1) is 25.6. The van der Waals surface area contributed by atoms with Gasteiger partial charge in [-0.3, -0.25) is 9.78 Å². The average Bonchev–Trinajstić information content (AvgIpc) is 3.35. The minimum atomic E-state index is -2.04. The van der Waals surface area contributed by atoms with E-state index in [9.17, 15) is 15.0 Å². The predicted molar refractivity (Wildman–Crippen MR) is 148 cm³/mol. The van der Waals surface area contributed by atoms with E-state index in [4.69, 9.17) is 9.47 Å². The first-order valence-electron chi connectivity index (χ1n) is 12.7. The van der Waals surface area contributed by atoms with Crippen molar-refractivity contribution in [2.24, 2.45) is 5.92 Å². The number of hydrogen-bond donors (Lipinski definition) is 3. The molecule has 1 aliphatic heterocycles. The Kier molecular flexibility index (Phi) is 6.41. The third kappa shape index (κ3) is 3.77. The number of carbonyl (C=O) groups excluding carboxylic acids is 1. The van der Waals surface area contributed by atoms with E-state index in [0.29, 0.717) is 11.3 Å². The topological polar surface area (TPSA) is 101 Å². The molecular formula is C31H27BrN2O5. The number of methoxy groups -OCH3 is 1. The Hall–Kier alpha value is -3.72. The van der Waals surface area contributed by atoms with Crippen LogP contribution >= 0.6 is 15.9 Å². The quantitative estimate of drug-likeness (QED) is 0.309. The van der Waals surface area contributed by atoms with Crippen molar-refractivity contribution in [2.75, 3.05) is 7.11 Å². The van der Waals surface area contributed by atoms with Crippen molar-refractivity contribution in [3.05, 3.63) is 124 Å². The van der Waals surface area contributed by atoms with Crippen LogP contribution in [0.1, 0.15) is 28.2 Å². The van der Waals surface area contributed by atoms with Gasteiger partial charge in [0.1, 0.15) is 17.6 Å². The Morgan fingerprint density at radius 1 is 1.03 bits per heavy atom. The highest BCUT2D eigenvalue weighted by molar-refractivity contribution is 9.10. The molecule has 1 aliphatic carbocycles. The molecule has 4 aromatic rings. The molecule has 7 nitrogen and oxygen atoms in total. The van der Waals surface area contributed by atoms with E-state index in [1.54, 1.807) is 0 Å². The average molecular weight is 587 g/mol. The molecule has 2 aliphatic rings. The van der Waals surface area contributed by atoms with E-state index in [1.165, 1.54) is 19.5 Å². The van der Waals surface area contributed by atoms with Crippen molar-refractivity contribution in [1.29, 1.82) is 0 Å². The van der Waals surface area contributed by atoms with Crippen LogP contribution in [-0.2, 0) is 22.5 Å². The molecule has 1 fully saturated rings. The minimum Gasteiger partial charge on any atom is -0.495 e. The maximum Gasteiger partial charge on any atom is 0.226 e. The number of fused-ring (bicyclic) bond motifs is 3. The fourth-order valence-corrected chi connectivity index (χ4v) is 6.55. The summed E-state index contributed by atoms with van der Waals surface area (Å²) in [6, 6.07) is 26.3. The zero-order valence-electron chi connectivity index (χ0n) is 21.1. The van der Waals surface area contributed by atoms with Crippen LogP contribution in [0.5, 0.6) is 11.5 Å². The molecule has 1 amide bonds. The summed E-state index contributed by atoms with van der Waals surface area (Å²) in [4.78, 5) is 18.2. The number of ether oxygens (including phenoxy) is 2. The molecule has 0 spiro atoms. The van der Waals surface area contributed by atoms with Crippen LogP contribution < -0.4 is 14.8 Å². The second kappa shape index (κ2) is 9.79. The summed E-state index contributed by atoms with van der Waals surface area (Å²) in [5.74, 6) is -1.66. The van der Waals surface area contributed by atoms with Gasteiger partial charge in [-0.05, 0) is 28.8 Å². The van der Waals surface area contributed by atoms with Gasteiger partial charge in [-0.1, -0.05) is 88.7 Å². The third-order valence-corrected chi connectivity index (χ3v) is 8.45. The lowest BCUT2D eigenvalue weighted by atomic mass is 9.70. The van der Waals surface area contributed by atoms with Gasteiger partial charge in [-0.2, -0.15) is 0 Å². The van der Waals surface area contributed by atoms with Crippen LogP contribution in [0.25, 0.3) is 0 Å². The highest BCUT2D eigenvalue weighted by Gasteiger charge is 2.78. The number of carbonyl (C=O) groups is 1. The molecule has 1 saturated carbocycles. The number of pyridine rings is 1. The second-order valence-electron chi connectivity index (χ2n) is 9.89. The van der Waals surface area contributed by atoms with E-state index in [1.807, 2.05) is 84.9 Å². The first-order chi connectivity index (χ1) is 18.9. The van der Waals surface area contributed by atoms with Crippen LogP contribution in [0.15, 0.2) is 102 Å². The molecule has 198 valence electrons. The van der Waals surface area contributed by atoms with E-state index >= 15 is 0 Å².